The molecule has 2 N–H and O–H groups in total. The van der Waals surface area contributed by atoms with Crippen molar-refractivity contribution in [3.63, 3.8) is 0 Å². The molecular formula is C22H34N4O5. The maximum atomic E-state index is 12.6. The second kappa shape index (κ2) is 11.8. The van der Waals surface area contributed by atoms with Gasteiger partial charge in [0.2, 0.25) is 0 Å². The molecule has 0 spiro atoms. The van der Waals surface area contributed by atoms with Crippen LogP contribution in [0, 0.1) is 0 Å². The number of amides is 1. The fourth-order valence-electron chi connectivity index (χ4n) is 3.79. The highest BCUT2D eigenvalue weighted by Gasteiger charge is 2.30. The monoisotopic (exact) mass is 434 g/mol. The number of rotatable bonds is 8. The fraction of sp³-hybridized carbons (Fsp3) is 0.636. The Balaban J connectivity index is 1.59. The molecule has 0 radical (unpaired) electrons. The van der Waals surface area contributed by atoms with E-state index in [4.69, 9.17) is 24.3 Å². The lowest BCUT2D eigenvalue weighted by atomic mass is 10.2. The number of nitrogens with zero attached hydrogens (tertiary/aromatic N) is 3. The van der Waals surface area contributed by atoms with Gasteiger partial charge in [-0.05, 0) is 37.5 Å². The molecular weight excluding hydrogens is 400 g/mol. The van der Waals surface area contributed by atoms with E-state index in [1.807, 2.05) is 30.0 Å². The number of carbonyl (C=O) groups is 1. The van der Waals surface area contributed by atoms with Gasteiger partial charge in [-0.25, -0.2) is 4.99 Å². The van der Waals surface area contributed by atoms with Crippen LogP contribution in [0.25, 0.3) is 0 Å². The van der Waals surface area contributed by atoms with Crippen LogP contribution in [0.4, 0.5) is 0 Å². The van der Waals surface area contributed by atoms with E-state index >= 15 is 0 Å². The number of aliphatic imine (C=N–C) groups is 1. The first-order valence-electron chi connectivity index (χ1n) is 11.0. The third-order valence-corrected chi connectivity index (χ3v) is 5.42. The van der Waals surface area contributed by atoms with Gasteiger partial charge >= 0.3 is 0 Å². The maximum absolute atomic E-state index is 12.6. The number of methoxy groups -OCH3 is 1. The van der Waals surface area contributed by atoms with E-state index in [0.717, 1.165) is 44.0 Å². The fourth-order valence-corrected chi connectivity index (χ4v) is 3.79. The van der Waals surface area contributed by atoms with E-state index in [1.165, 1.54) is 0 Å². The Labute approximate surface area is 184 Å². The summed E-state index contributed by atoms with van der Waals surface area (Å²) >= 11 is 0. The molecule has 1 amide bonds. The minimum Gasteiger partial charge on any atom is -0.493 e. The number of carbonyl (C=O) groups excluding carboxylic acids is 1. The SMILES string of the molecule is CCNC(=NCc1ccc(OCCO)c(OC)c1)N1CCN(C(=O)C2CCCO2)CC1. The molecule has 1 unspecified atom stereocenters. The lowest BCUT2D eigenvalue weighted by Crippen LogP contribution is -2.55. The Kier molecular flexibility index (Phi) is 8.78. The van der Waals surface area contributed by atoms with E-state index < -0.39 is 0 Å². The molecule has 0 aliphatic carbocycles. The molecule has 2 heterocycles. The zero-order valence-electron chi connectivity index (χ0n) is 18.5. The lowest BCUT2D eigenvalue weighted by Gasteiger charge is -2.37. The van der Waals surface area contributed by atoms with Gasteiger partial charge < -0.3 is 34.4 Å². The summed E-state index contributed by atoms with van der Waals surface area (Å²) in [6, 6.07) is 5.68. The van der Waals surface area contributed by atoms with Crippen molar-refractivity contribution in [3.05, 3.63) is 23.8 Å². The molecule has 3 rings (SSSR count). The molecule has 2 saturated heterocycles. The second-order valence-corrected chi connectivity index (χ2v) is 7.54. The summed E-state index contributed by atoms with van der Waals surface area (Å²) in [5.74, 6) is 2.18. The summed E-state index contributed by atoms with van der Waals surface area (Å²) in [5, 5.41) is 12.3. The molecule has 9 nitrogen and oxygen atoms in total. The van der Waals surface area contributed by atoms with Crippen LogP contribution in [0.2, 0.25) is 0 Å². The summed E-state index contributed by atoms with van der Waals surface area (Å²) in [5.41, 5.74) is 0.996. The third kappa shape index (κ3) is 6.24. The average Bonchev–Trinajstić information content (AvgIpc) is 3.35. The third-order valence-electron chi connectivity index (χ3n) is 5.42. The quantitative estimate of drug-likeness (QED) is 0.463. The van der Waals surface area contributed by atoms with Gasteiger partial charge in [0.25, 0.3) is 5.91 Å². The highest BCUT2D eigenvalue weighted by atomic mass is 16.5. The first-order valence-corrected chi connectivity index (χ1v) is 11.0. The second-order valence-electron chi connectivity index (χ2n) is 7.54. The van der Waals surface area contributed by atoms with E-state index in [1.54, 1.807) is 7.11 Å². The molecule has 0 saturated carbocycles. The smallest absolute Gasteiger partial charge is 0.251 e. The van der Waals surface area contributed by atoms with Crippen LogP contribution in [0.3, 0.4) is 0 Å². The van der Waals surface area contributed by atoms with Crippen molar-refractivity contribution >= 4 is 11.9 Å². The summed E-state index contributed by atoms with van der Waals surface area (Å²) in [7, 11) is 1.59. The van der Waals surface area contributed by atoms with Crippen LogP contribution in [0.5, 0.6) is 11.5 Å². The normalized spacial score (nSPS) is 19.5. The highest BCUT2D eigenvalue weighted by molar-refractivity contribution is 5.82. The van der Waals surface area contributed by atoms with Crippen molar-refractivity contribution < 1.29 is 24.1 Å². The maximum Gasteiger partial charge on any atom is 0.251 e. The molecule has 9 heteroatoms. The van der Waals surface area contributed by atoms with Crippen molar-refractivity contribution in [1.82, 2.24) is 15.1 Å². The van der Waals surface area contributed by atoms with E-state index in [0.29, 0.717) is 37.7 Å². The van der Waals surface area contributed by atoms with Crippen molar-refractivity contribution in [2.75, 3.05) is 59.7 Å². The molecule has 31 heavy (non-hydrogen) atoms. The van der Waals surface area contributed by atoms with Crippen LogP contribution >= 0.6 is 0 Å². The van der Waals surface area contributed by atoms with Gasteiger partial charge in [0.15, 0.2) is 17.5 Å². The van der Waals surface area contributed by atoms with Gasteiger partial charge in [-0.1, -0.05) is 6.07 Å². The van der Waals surface area contributed by atoms with Gasteiger partial charge in [-0.3, -0.25) is 4.79 Å². The standard InChI is InChI=1S/C22H34N4O5/c1-3-23-22(24-16-17-6-7-18(31-14-12-27)20(15-17)29-2)26-10-8-25(9-11-26)21(28)19-5-4-13-30-19/h6-7,15,19,27H,3-5,8-14,16H2,1-2H3,(H,23,24). The number of benzene rings is 1. The zero-order valence-corrected chi connectivity index (χ0v) is 18.5. The van der Waals surface area contributed by atoms with Crippen molar-refractivity contribution in [2.24, 2.45) is 4.99 Å². The predicted octanol–water partition coefficient (Wildman–Crippen LogP) is 0.855. The predicted molar refractivity (Wildman–Crippen MR) is 118 cm³/mol. The Hall–Kier alpha value is -2.52. The number of ether oxygens (including phenoxy) is 3. The van der Waals surface area contributed by atoms with Crippen molar-refractivity contribution in [2.45, 2.75) is 32.4 Å². The number of piperazine rings is 1. The van der Waals surface area contributed by atoms with Gasteiger partial charge in [0.1, 0.15) is 12.7 Å². The summed E-state index contributed by atoms with van der Waals surface area (Å²) in [6.45, 7) is 6.99. The van der Waals surface area contributed by atoms with Gasteiger partial charge in [0.05, 0.1) is 20.3 Å². The Morgan fingerprint density at radius 2 is 2.03 bits per heavy atom. The number of nitrogens with one attached hydrogen (secondary N) is 1. The van der Waals surface area contributed by atoms with Crippen molar-refractivity contribution in [1.29, 1.82) is 0 Å². The number of aliphatic hydroxyl groups is 1. The van der Waals surface area contributed by atoms with Crippen LogP contribution in [0.15, 0.2) is 23.2 Å². The number of hydrogen-bond donors (Lipinski definition) is 2. The van der Waals surface area contributed by atoms with E-state index in [-0.39, 0.29) is 25.2 Å². The van der Waals surface area contributed by atoms with Crippen molar-refractivity contribution in [3.8, 4) is 11.5 Å². The highest BCUT2D eigenvalue weighted by Crippen LogP contribution is 2.28. The molecule has 1 aromatic carbocycles. The number of hydrogen-bond acceptors (Lipinski definition) is 6. The molecule has 2 fully saturated rings. The largest absolute Gasteiger partial charge is 0.493 e. The Morgan fingerprint density at radius 1 is 1.26 bits per heavy atom. The van der Waals surface area contributed by atoms with Crippen LogP contribution in [0.1, 0.15) is 25.3 Å². The minimum absolute atomic E-state index is 0.0478. The Bertz CT molecular complexity index is 743. The molecule has 1 aromatic rings. The first-order chi connectivity index (χ1) is 15.2. The lowest BCUT2D eigenvalue weighted by molar-refractivity contribution is -0.142. The van der Waals surface area contributed by atoms with E-state index in [9.17, 15) is 4.79 Å². The summed E-state index contributed by atoms with van der Waals surface area (Å²) in [4.78, 5) is 21.5. The topological polar surface area (TPSA) is 95.9 Å². The molecule has 0 bridgehead atoms. The van der Waals surface area contributed by atoms with Gasteiger partial charge in [0, 0.05) is 39.3 Å². The number of guanidine groups is 1. The Morgan fingerprint density at radius 3 is 2.68 bits per heavy atom. The molecule has 172 valence electrons. The van der Waals surface area contributed by atoms with E-state index in [2.05, 4.69) is 10.2 Å². The number of aliphatic hydroxyl groups excluding tert-OH is 1. The molecule has 2 aliphatic heterocycles. The van der Waals surface area contributed by atoms with Crippen LogP contribution in [-0.2, 0) is 16.1 Å². The first kappa shape index (κ1) is 23.1. The van der Waals surface area contributed by atoms with Crippen LogP contribution < -0.4 is 14.8 Å². The van der Waals surface area contributed by atoms with Gasteiger partial charge in [-0.15, -0.1) is 0 Å². The molecule has 1 atom stereocenters. The minimum atomic E-state index is -0.257. The molecule has 0 aromatic heterocycles. The molecule has 2 aliphatic rings. The summed E-state index contributed by atoms with van der Waals surface area (Å²) in [6.07, 6.45) is 1.54. The van der Waals surface area contributed by atoms with Gasteiger partial charge in [-0.2, -0.15) is 0 Å². The van der Waals surface area contributed by atoms with Crippen LogP contribution in [-0.4, -0.2) is 92.5 Å². The zero-order chi connectivity index (χ0) is 22.1. The average molecular weight is 435 g/mol. The summed E-state index contributed by atoms with van der Waals surface area (Å²) < 4.78 is 16.4.